The Hall–Kier alpha value is -1.71. The van der Waals surface area contributed by atoms with Gasteiger partial charge in [-0.15, -0.1) is 5.10 Å². The first kappa shape index (κ1) is 19.1. The van der Waals surface area contributed by atoms with E-state index >= 15 is 0 Å². The van der Waals surface area contributed by atoms with Crippen LogP contribution in [0, 0.1) is 4.84 Å². The highest BCUT2D eigenvalue weighted by atomic mass is 32.2. The molecule has 7 nitrogen and oxygen atoms in total. The van der Waals surface area contributed by atoms with Crippen molar-refractivity contribution < 1.29 is 22.5 Å². The van der Waals surface area contributed by atoms with Gasteiger partial charge in [-0.2, -0.15) is 4.68 Å². The van der Waals surface area contributed by atoms with Gasteiger partial charge in [-0.25, -0.2) is 8.42 Å². The average molecular weight is 399 g/mol. The lowest BCUT2D eigenvalue weighted by Crippen LogP contribution is -3.15. The Balaban J connectivity index is 1.83. The van der Waals surface area contributed by atoms with Gasteiger partial charge in [0.15, 0.2) is 16.5 Å². The van der Waals surface area contributed by atoms with Crippen molar-refractivity contribution >= 4 is 22.1 Å². The largest absolute Gasteiger partial charge is 0.493 e. The van der Waals surface area contributed by atoms with Crippen LogP contribution in [0.3, 0.4) is 0 Å². The zero-order valence-corrected chi connectivity index (χ0v) is 16.6. The number of nitrogens with one attached hydrogen (secondary N) is 1. The molecule has 1 aromatic heterocycles. The van der Waals surface area contributed by atoms with E-state index in [1.807, 2.05) is 38.1 Å². The van der Waals surface area contributed by atoms with Gasteiger partial charge in [0, 0.05) is 6.42 Å². The van der Waals surface area contributed by atoms with Crippen molar-refractivity contribution in [1.29, 1.82) is 0 Å². The monoisotopic (exact) mass is 398 g/mol. The van der Waals surface area contributed by atoms with Gasteiger partial charge in [-0.05, 0) is 38.2 Å². The maximum Gasteiger partial charge on any atom is 0.292 e. The summed E-state index contributed by atoms with van der Waals surface area (Å²) in [6, 6.07) is 7.60. The lowest BCUT2D eigenvalue weighted by molar-refractivity contribution is -0.943. The number of hydrogen-bond acceptors (Lipinski definition) is 6. The molecule has 1 N–H and O–H groups in total. The summed E-state index contributed by atoms with van der Waals surface area (Å²) in [7, 11) is -2.92. The maximum atomic E-state index is 11.8. The molecule has 142 valence electrons. The normalized spacial score (nSPS) is 20.2. The minimum atomic E-state index is -2.92. The zero-order chi connectivity index (χ0) is 18.7. The molecule has 1 unspecified atom stereocenters. The summed E-state index contributed by atoms with van der Waals surface area (Å²) in [5.41, 5.74) is 0.751. The molecule has 1 saturated heterocycles. The number of ether oxygens (including phenoxy) is 1. The standard InChI is InChI=1S/C17H23N3O4S2/c1-3-19(13-9-10-26(21,22)11-13)12-20-17(25)24-16(18-20)14-7-5-6-8-15(14)23-4-2/h5-8,13H,3-4,9-12H2,1-2H3/p+1/t13-/m1/s1. The van der Waals surface area contributed by atoms with E-state index in [0.29, 0.717) is 31.3 Å². The van der Waals surface area contributed by atoms with Gasteiger partial charge in [-0.1, -0.05) is 12.1 Å². The first-order valence-corrected chi connectivity index (χ1v) is 11.0. The van der Waals surface area contributed by atoms with Crippen LogP contribution in [0.2, 0.25) is 0 Å². The Kier molecular flexibility index (Phi) is 5.79. The molecule has 2 aromatic rings. The quantitative estimate of drug-likeness (QED) is 0.709. The van der Waals surface area contributed by atoms with Crippen LogP contribution in [-0.2, 0) is 16.5 Å². The molecule has 1 aliphatic heterocycles. The smallest absolute Gasteiger partial charge is 0.292 e. The Bertz CT molecular complexity index is 920. The molecule has 0 spiro atoms. The summed E-state index contributed by atoms with van der Waals surface area (Å²) in [6.07, 6.45) is 0.677. The van der Waals surface area contributed by atoms with Gasteiger partial charge in [-0.3, -0.25) is 0 Å². The van der Waals surface area contributed by atoms with Crippen molar-refractivity contribution in [3.63, 3.8) is 0 Å². The number of rotatable bonds is 7. The number of sulfone groups is 1. The SMILES string of the molecule is CCOc1ccccc1-c1nn(C[NH+](CC)[C@@H]2CCS(=O)(=O)C2)c(=S)o1. The zero-order valence-electron chi connectivity index (χ0n) is 15.0. The Morgan fingerprint density at radius 3 is 2.81 bits per heavy atom. The van der Waals surface area contributed by atoms with Gasteiger partial charge in [0.2, 0.25) is 0 Å². The van der Waals surface area contributed by atoms with E-state index in [9.17, 15) is 8.42 Å². The van der Waals surface area contributed by atoms with Crippen molar-refractivity contribution in [1.82, 2.24) is 9.78 Å². The summed E-state index contributed by atoms with van der Waals surface area (Å²) in [5.74, 6) is 1.59. The fourth-order valence-corrected chi connectivity index (χ4v) is 5.29. The second kappa shape index (κ2) is 7.89. The maximum absolute atomic E-state index is 11.8. The molecule has 0 radical (unpaired) electrons. The van der Waals surface area contributed by atoms with Crippen molar-refractivity contribution in [2.24, 2.45) is 0 Å². The van der Waals surface area contributed by atoms with E-state index in [1.165, 1.54) is 0 Å². The predicted molar refractivity (Wildman–Crippen MR) is 100 cm³/mol. The van der Waals surface area contributed by atoms with E-state index in [-0.39, 0.29) is 22.4 Å². The molecule has 2 atom stereocenters. The first-order valence-electron chi connectivity index (χ1n) is 8.78. The molecule has 2 heterocycles. The molecule has 1 aliphatic rings. The fraction of sp³-hybridized carbons (Fsp3) is 0.529. The topological polar surface area (TPSA) is 78.8 Å². The summed E-state index contributed by atoms with van der Waals surface area (Å²) in [6.45, 7) is 5.77. The van der Waals surface area contributed by atoms with Crippen molar-refractivity contribution in [3.8, 4) is 17.2 Å². The van der Waals surface area contributed by atoms with Crippen LogP contribution in [0.25, 0.3) is 11.5 Å². The summed E-state index contributed by atoms with van der Waals surface area (Å²) < 4.78 is 36.5. The minimum Gasteiger partial charge on any atom is -0.493 e. The first-order chi connectivity index (χ1) is 12.4. The summed E-state index contributed by atoms with van der Waals surface area (Å²) in [5, 5.41) is 4.51. The molecule has 0 bridgehead atoms. The molecule has 1 fully saturated rings. The highest BCUT2D eigenvalue weighted by Gasteiger charge is 2.35. The van der Waals surface area contributed by atoms with Crippen LogP contribution in [0.4, 0.5) is 0 Å². The average Bonchev–Trinajstić information content (AvgIpc) is 3.15. The van der Waals surface area contributed by atoms with Gasteiger partial charge in [0.1, 0.15) is 17.5 Å². The van der Waals surface area contributed by atoms with Crippen LogP contribution in [0.5, 0.6) is 5.75 Å². The van der Waals surface area contributed by atoms with Gasteiger partial charge >= 0.3 is 0 Å². The van der Waals surface area contributed by atoms with Crippen LogP contribution in [0.15, 0.2) is 28.7 Å². The number of aromatic nitrogens is 2. The third kappa shape index (κ3) is 4.16. The van der Waals surface area contributed by atoms with E-state index in [1.54, 1.807) is 4.68 Å². The van der Waals surface area contributed by atoms with Crippen LogP contribution in [0.1, 0.15) is 20.3 Å². The van der Waals surface area contributed by atoms with Crippen LogP contribution >= 0.6 is 12.2 Å². The highest BCUT2D eigenvalue weighted by Crippen LogP contribution is 2.28. The van der Waals surface area contributed by atoms with Gasteiger partial charge in [0.25, 0.3) is 10.7 Å². The Morgan fingerprint density at radius 2 is 2.15 bits per heavy atom. The van der Waals surface area contributed by atoms with Crippen LogP contribution in [-0.4, -0.2) is 48.9 Å². The number of benzene rings is 1. The fourth-order valence-electron chi connectivity index (χ4n) is 3.28. The number of para-hydroxylation sites is 1. The second-order valence-corrected chi connectivity index (χ2v) is 8.95. The molecular weight excluding hydrogens is 374 g/mol. The van der Waals surface area contributed by atoms with Gasteiger partial charge in [0.05, 0.1) is 24.5 Å². The molecule has 0 saturated carbocycles. The third-order valence-corrected chi connectivity index (χ3v) is 6.70. The summed E-state index contributed by atoms with van der Waals surface area (Å²) >= 11 is 5.33. The number of nitrogens with zero attached hydrogens (tertiary/aromatic N) is 2. The number of hydrogen-bond donors (Lipinski definition) is 1. The Morgan fingerprint density at radius 1 is 1.38 bits per heavy atom. The molecule has 1 aromatic carbocycles. The van der Waals surface area contributed by atoms with Gasteiger partial charge < -0.3 is 14.1 Å². The molecular formula is C17H24N3O4S2+. The van der Waals surface area contributed by atoms with E-state index in [2.05, 4.69) is 5.10 Å². The molecule has 0 aliphatic carbocycles. The molecule has 26 heavy (non-hydrogen) atoms. The van der Waals surface area contributed by atoms with Crippen LogP contribution < -0.4 is 9.64 Å². The molecule has 3 rings (SSSR count). The lowest BCUT2D eigenvalue weighted by atomic mass is 10.2. The molecule has 9 heteroatoms. The predicted octanol–water partition coefficient (Wildman–Crippen LogP) is 1.32. The van der Waals surface area contributed by atoms with E-state index in [4.69, 9.17) is 21.4 Å². The summed E-state index contributed by atoms with van der Waals surface area (Å²) in [4.78, 5) is 1.42. The third-order valence-electron chi connectivity index (χ3n) is 4.64. The lowest BCUT2D eigenvalue weighted by Gasteiger charge is -2.22. The van der Waals surface area contributed by atoms with Crippen molar-refractivity contribution in [2.75, 3.05) is 24.7 Å². The van der Waals surface area contributed by atoms with E-state index in [0.717, 1.165) is 17.0 Å². The molecule has 0 amide bonds. The Labute approximate surface area is 158 Å². The highest BCUT2D eigenvalue weighted by molar-refractivity contribution is 7.91. The van der Waals surface area contributed by atoms with E-state index < -0.39 is 9.84 Å². The second-order valence-electron chi connectivity index (χ2n) is 6.37. The van der Waals surface area contributed by atoms with Crippen molar-refractivity contribution in [3.05, 3.63) is 29.1 Å². The minimum absolute atomic E-state index is 0.0720. The van der Waals surface area contributed by atoms with Crippen molar-refractivity contribution in [2.45, 2.75) is 33.0 Å². The number of quaternary nitrogens is 1.